The molecule has 0 radical (unpaired) electrons. The van der Waals surface area contributed by atoms with E-state index in [1.807, 2.05) is 19.1 Å². The van der Waals surface area contributed by atoms with Crippen LogP contribution < -0.4 is 5.32 Å². The van der Waals surface area contributed by atoms with E-state index in [0.717, 1.165) is 11.2 Å². The first-order valence-electron chi connectivity index (χ1n) is 7.71. The molecule has 1 amide bonds. The second kappa shape index (κ2) is 4.94. The van der Waals surface area contributed by atoms with Crippen LogP contribution in [0.15, 0.2) is 28.8 Å². The molecule has 6 nitrogen and oxygen atoms in total. The summed E-state index contributed by atoms with van der Waals surface area (Å²) in [5.74, 6) is 1.21. The number of nitrogens with one attached hydrogen (secondary N) is 2. The third-order valence-corrected chi connectivity index (χ3v) is 4.57. The zero-order chi connectivity index (χ0) is 16.0. The van der Waals surface area contributed by atoms with Gasteiger partial charge in [-0.15, -0.1) is 0 Å². The molecule has 6 heteroatoms. The maximum absolute atomic E-state index is 11.5. The van der Waals surface area contributed by atoms with Crippen molar-refractivity contribution in [3.05, 3.63) is 47.2 Å². The van der Waals surface area contributed by atoms with Crippen LogP contribution in [0.5, 0.6) is 0 Å². The first kappa shape index (κ1) is 14.0. The number of aryl methyl sites for hydroxylation is 1. The van der Waals surface area contributed by atoms with Gasteiger partial charge in [-0.25, -0.2) is 0 Å². The van der Waals surface area contributed by atoms with Crippen molar-refractivity contribution < 1.29 is 9.32 Å². The number of benzene rings is 1. The number of fused-ring (bicyclic) bond motifs is 1. The van der Waals surface area contributed by atoms with Crippen LogP contribution in [0.2, 0.25) is 0 Å². The first-order valence-corrected chi connectivity index (χ1v) is 7.71. The summed E-state index contributed by atoms with van der Waals surface area (Å²) in [6.45, 7) is 4.57. The van der Waals surface area contributed by atoms with E-state index >= 15 is 0 Å². The lowest BCUT2D eigenvalue weighted by molar-refractivity contribution is -0.119. The number of para-hydroxylation sites is 1. The van der Waals surface area contributed by atoms with Gasteiger partial charge in [0.25, 0.3) is 0 Å². The molecular formula is C17H18N4O2. The number of aromatic nitrogens is 3. The number of H-pyrrole nitrogens is 1. The molecule has 1 aliphatic heterocycles. The van der Waals surface area contributed by atoms with Crippen LogP contribution in [-0.2, 0) is 16.6 Å². The fourth-order valence-corrected chi connectivity index (χ4v) is 3.22. The van der Waals surface area contributed by atoms with Gasteiger partial charge in [0.05, 0.1) is 5.41 Å². The van der Waals surface area contributed by atoms with Crippen molar-refractivity contribution in [1.29, 1.82) is 0 Å². The fraction of sp³-hybridized carbons (Fsp3) is 0.353. The monoisotopic (exact) mass is 310 g/mol. The average Bonchev–Trinajstić information content (AvgIpc) is 3.20. The Morgan fingerprint density at radius 1 is 1.35 bits per heavy atom. The Bertz CT molecular complexity index is 895. The van der Waals surface area contributed by atoms with Crippen LogP contribution >= 0.6 is 0 Å². The Morgan fingerprint density at radius 2 is 2.17 bits per heavy atom. The minimum absolute atomic E-state index is 0.0275. The van der Waals surface area contributed by atoms with Gasteiger partial charge in [0.2, 0.25) is 11.8 Å². The molecule has 0 spiro atoms. The number of hydrogen-bond donors (Lipinski definition) is 2. The van der Waals surface area contributed by atoms with Gasteiger partial charge in [-0.3, -0.25) is 4.79 Å². The first-order chi connectivity index (χ1) is 11.0. The van der Waals surface area contributed by atoms with Crippen LogP contribution in [0.4, 0.5) is 0 Å². The van der Waals surface area contributed by atoms with E-state index < -0.39 is 5.41 Å². The van der Waals surface area contributed by atoms with E-state index in [-0.39, 0.29) is 5.91 Å². The summed E-state index contributed by atoms with van der Waals surface area (Å²) in [5.41, 5.74) is 3.00. The average molecular weight is 310 g/mol. The molecule has 0 bridgehead atoms. The Morgan fingerprint density at radius 3 is 2.96 bits per heavy atom. The van der Waals surface area contributed by atoms with Crippen molar-refractivity contribution >= 4 is 16.8 Å². The Labute approximate surface area is 133 Å². The predicted octanol–water partition coefficient (Wildman–Crippen LogP) is 2.23. The highest BCUT2D eigenvalue weighted by molar-refractivity contribution is 5.84. The summed E-state index contributed by atoms with van der Waals surface area (Å²) < 4.78 is 5.44. The van der Waals surface area contributed by atoms with Crippen LogP contribution in [0.3, 0.4) is 0 Å². The molecule has 118 valence electrons. The highest BCUT2D eigenvalue weighted by Gasteiger charge is 2.40. The Balaban J connectivity index is 1.65. The molecule has 23 heavy (non-hydrogen) atoms. The summed E-state index contributed by atoms with van der Waals surface area (Å²) in [7, 11) is 0. The molecule has 0 saturated carbocycles. The normalized spacial score (nSPS) is 21.0. The zero-order valence-electron chi connectivity index (χ0n) is 13.1. The van der Waals surface area contributed by atoms with Crippen LogP contribution in [0.25, 0.3) is 10.9 Å². The van der Waals surface area contributed by atoms with Crippen molar-refractivity contribution in [3.8, 4) is 0 Å². The van der Waals surface area contributed by atoms with Gasteiger partial charge in [-0.05, 0) is 25.5 Å². The third-order valence-electron chi connectivity index (χ3n) is 4.57. The minimum atomic E-state index is -0.405. The lowest BCUT2D eigenvalue weighted by Crippen LogP contribution is -2.25. The molecule has 1 unspecified atom stereocenters. The van der Waals surface area contributed by atoms with Crippen molar-refractivity contribution in [2.45, 2.75) is 32.1 Å². The van der Waals surface area contributed by atoms with Crippen molar-refractivity contribution in [1.82, 2.24) is 20.4 Å². The summed E-state index contributed by atoms with van der Waals surface area (Å²) in [6, 6.07) is 8.19. The predicted molar refractivity (Wildman–Crippen MR) is 85.1 cm³/mol. The van der Waals surface area contributed by atoms with Gasteiger partial charge in [-0.2, -0.15) is 4.98 Å². The Hall–Kier alpha value is -2.63. The van der Waals surface area contributed by atoms with Crippen molar-refractivity contribution in [2.24, 2.45) is 0 Å². The molecule has 3 aromatic rings. The van der Waals surface area contributed by atoms with Crippen molar-refractivity contribution in [2.75, 3.05) is 6.54 Å². The fourth-order valence-electron chi connectivity index (χ4n) is 3.22. The summed E-state index contributed by atoms with van der Waals surface area (Å²) >= 11 is 0. The largest absolute Gasteiger partial charge is 0.358 e. The topological polar surface area (TPSA) is 83.8 Å². The summed E-state index contributed by atoms with van der Waals surface area (Å²) in [5, 5.41) is 8.12. The number of aromatic amines is 1. The number of amides is 1. The van der Waals surface area contributed by atoms with Gasteiger partial charge in [0.1, 0.15) is 0 Å². The number of hydrogen-bond acceptors (Lipinski definition) is 4. The number of carbonyl (C=O) groups is 1. The molecule has 1 saturated heterocycles. The second-order valence-electron chi connectivity index (χ2n) is 6.48. The number of rotatable bonds is 3. The lowest BCUT2D eigenvalue weighted by Gasteiger charge is -2.14. The van der Waals surface area contributed by atoms with Gasteiger partial charge in [0.15, 0.2) is 5.82 Å². The SMILES string of the molecule is Cc1[nH]c2ccccc2c1Cc1noc(C2(C)CNC(=O)C2)n1. The molecule has 3 heterocycles. The molecule has 1 atom stereocenters. The number of carbonyl (C=O) groups excluding carboxylic acids is 1. The van der Waals surface area contributed by atoms with E-state index in [1.54, 1.807) is 0 Å². The molecular weight excluding hydrogens is 292 g/mol. The molecule has 4 rings (SSSR count). The van der Waals surface area contributed by atoms with E-state index in [0.29, 0.717) is 31.1 Å². The van der Waals surface area contributed by atoms with E-state index in [2.05, 4.69) is 39.5 Å². The lowest BCUT2D eigenvalue weighted by atomic mass is 9.89. The molecule has 0 aliphatic carbocycles. The molecule has 1 aromatic carbocycles. The maximum atomic E-state index is 11.5. The molecule has 2 aromatic heterocycles. The van der Waals surface area contributed by atoms with Crippen molar-refractivity contribution in [3.63, 3.8) is 0 Å². The van der Waals surface area contributed by atoms with E-state index in [9.17, 15) is 4.79 Å². The zero-order valence-corrected chi connectivity index (χ0v) is 13.1. The smallest absolute Gasteiger partial charge is 0.234 e. The highest BCUT2D eigenvalue weighted by Crippen LogP contribution is 2.30. The summed E-state index contributed by atoms with van der Waals surface area (Å²) in [4.78, 5) is 19.4. The molecule has 1 aliphatic rings. The molecule has 2 N–H and O–H groups in total. The maximum Gasteiger partial charge on any atom is 0.234 e. The van der Waals surface area contributed by atoms with Gasteiger partial charge in [0, 0.05) is 36.0 Å². The summed E-state index contributed by atoms with van der Waals surface area (Å²) in [6.07, 6.45) is 0.998. The number of nitrogens with zero attached hydrogens (tertiary/aromatic N) is 2. The van der Waals surface area contributed by atoms with E-state index in [1.165, 1.54) is 10.9 Å². The van der Waals surface area contributed by atoms with Crippen LogP contribution in [-0.4, -0.2) is 27.6 Å². The quantitative estimate of drug-likeness (QED) is 0.777. The van der Waals surface area contributed by atoms with Gasteiger partial charge >= 0.3 is 0 Å². The Kier molecular flexibility index (Phi) is 3.01. The molecule has 1 fully saturated rings. The van der Waals surface area contributed by atoms with E-state index in [4.69, 9.17) is 4.52 Å². The minimum Gasteiger partial charge on any atom is -0.358 e. The van der Waals surface area contributed by atoms with Crippen LogP contribution in [0.1, 0.15) is 36.3 Å². The second-order valence-corrected chi connectivity index (χ2v) is 6.48. The van der Waals surface area contributed by atoms with Gasteiger partial charge < -0.3 is 14.8 Å². The third kappa shape index (κ3) is 2.30. The standard InChI is InChI=1S/C17H18N4O2/c1-10-12(11-5-3-4-6-13(11)19-10)7-14-20-16(23-21-14)17(2)8-15(22)18-9-17/h3-6,19H,7-9H2,1-2H3,(H,18,22). The highest BCUT2D eigenvalue weighted by atomic mass is 16.5. The van der Waals surface area contributed by atoms with Crippen LogP contribution in [0, 0.1) is 6.92 Å². The van der Waals surface area contributed by atoms with Gasteiger partial charge in [-0.1, -0.05) is 23.4 Å².